The van der Waals surface area contributed by atoms with Crippen molar-refractivity contribution in [3.63, 3.8) is 0 Å². The monoisotopic (exact) mass is 260 g/mol. The van der Waals surface area contributed by atoms with Crippen molar-refractivity contribution >= 4 is 11.7 Å². The fraction of sp³-hybridized carbons (Fsp3) is 0.385. The quantitative estimate of drug-likeness (QED) is 0.883. The van der Waals surface area contributed by atoms with Gasteiger partial charge in [-0.3, -0.25) is 9.69 Å². The highest BCUT2D eigenvalue weighted by Crippen LogP contribution is 2.24. The molecule has 6 nitrogen and oxygen atoms in total. The molecule has 19 heavy (non-hydrogen) atoms. The first-order valence-electron chi connectivity index (χ1n) is 6.32. The van der Waals surface area contributed by atoms with E-state index < -0.39 is 0 Å². The van der Waals surface area contributed by atoms with Gasteiger partial charge in [0.05, 0.1) is 12.5 Å². The Kier molecular flexibility index (Phi) is 3.08. The van der Waals surface area contributed by atoms with Crippen molar-refractivity contribution in [2.45, 2.75) is 13.0 Å². The van der Waals surface area contributed by atoms with Gasteiger partial charge >= 0.3 is 0 Å². The maximum Gasteiger partial charge on any atom is 0.228 e. The number of anilines is 1. The predicted molar refractivity (Wildman–Crippen MR) is 69.6 cm³/mol. The van der Waals surface area contributed by atoms with E-state index in [4.69, 9.17) is 10.2 Å². The number of aromatic nitrogens is 2. The van der Waals surface area contributed by atoms with Crippen molar-refractivity contribution in [1.82, 2.24) is 9.78 Å². The van der Waals surface area contributed by atoms with Gasteiger partial charge in [0, 0.05) is 19.0 Å². The first kappa shape index (κ1) is 12.0. The average molecular weight is 260 g/mol. The van der Waals surface area contributed by atoms with Gasteiger partial charge in [-0.15, -0.1) is 0 Å². The average Bonchev–Trinajstić information content (AvgIpc) is 3.10. The Hall–Kier alpha value is -2.08. The summed E-state index contributed by atoms with van der Waals surface area (Å²) in [6.07, 6.45) is 3.84. The van der Waals surface area contributed by atoms with E-state index >= 15 is 0 Å². The molecule has 3 rings (SSSR count). The molecule has 3 heterocycles. The van der Waals surface area contributed by atoms with Crippen LogP contribution in [0.1, 0.15) is 12.2 Å². The summed E-state index contributed by atoms with van der Waals surface area (Å²) in [6, 6.07) is 5.57. The van der Waals surface area contributed by atoms with Crippen LogP contribution in [0.25, 0.3) is 0 Å². The Morgan fingerprint density at radius 2 is 2.37 bits per heavy atom. The summed E-state index contributed by atoms with van der Waals surface area (Å²) < 4.78 is 7.08. The van der Waals surface area contributed by atoms with Gasteiger partial charge in [0.25, 0.3) is 0 Å². The van der Waals surface area contributed by atoms with Gasteiger partial charge in [0.15, 0.2) is 0 Å². The van der Waals surface area contributed by atoms with Crippen LogP contribution in [0.15, 0.2) is 35.1 Å². The van der Waals surface area contributed by atoms with Gasteiger partial charge in [0.2, 0.25) is 5.91 Å². The van der Waals surface area contributed by atoms with E-state index in [2.05, 4.69) is 5.10 Å². The topological polar surface area (TPSA) is 77.3 Å². The van der Waals surface area contributed by atoms with Gasteiger partial charge < -0.3 is 10.2 Å². The minimum Gasteiger partial charge on any atom is -0.467 e. The van der Waals surface area contributed by atoms with Gasteiger partial charge in [-0.2, -0.15) is 5.10 Å². The molecule has 1 saturated heterocycles. The number of rotatable bonds is 4. The number of nitrogens with zero attached hydrogens (tertiary/aromatic N) is 3. The van der Waals surface area contributed by atoms with Crippen molar-refractivity contribution in [3.8, 4) is 0 Å². The normalized spacial score (nSPS) is 19.3. The third-order valence-electron chi connectivity index (χ3n) is 3.39. The fourth-order valence-corrected chi connectivity index (χ4v) is 2.39. The van der Waals surface area contributed by atoms with Gasteiger partial charge in [-0.1, -0.05) is 0 Å². The molecule has 2 aromatic rings. The van der Waals surface area contributed by atoms with Crippen LogP contribution in [0.5, 0.6) is 0 Å². The molecule has 0 aliphatic carbocycles. The second kappa shape index (κ2) is 4.89. The number of hydrogen-bond donors (Lipinski definition) is 1. The largest absolute Gasteiger partial charge is 0.467 e. The molecule has 1 aliphatic heterocycles. The van der Waals surface area contributed by atoms with Crippen LogP contribution in [0.2, 0.25) is 0 Å². The summed E-state index contributed by atoms with van der Waals surface area (Å²) in [7, 11) is 0. The van der Waals surface area contributed by atoms with Gasteiger partial charge in [-0.25, -0.2) is 4.68 Å². The maximum absolute atomic E-state index is 12.0. The zero-order valence-corrected chi connectivity index (χ0v) is 10.5. The Balaban J connectivity index is 1.82. The molecular weight excluding hydrogens is 244 g/mol. The van der Waals surface area contributed by atoms with E-state index in [-0.39, 0.29) is 11.8 Å². The number of carbonyl (C=O) groups is 1. The SMILES string of the molecule is NCC1CC(=O)N(c2ccnn2Cc2ccco2)C1. The van der Waals surface area contributed by atoms with Crippen LogP contribution in [0.3, 0.4) is 0 Å². The molecular formula is C13H16N4O2. The summed E-state index contributed by atoms with van der Waals surface area (Å²) >= 11 is 0. The second-order valence-corrected chi connectivity index (χ2v) is 4.74. The van der Waals surface area contributed by atoms with E-state index in [1.54, 1.807) is 22.0 Å². The minimum absolute atomic E-state index is 0.108. The molecule has 2 aromatic heterocycles. The molecule has 1 amide bonds. The number of carbonyl (C=O) groups excluding carboxylic acids is 1. The molecule has 1 unspecified atom stereocenters. The summed E-state index contributed by atoms with van der Waals surface area (Å²) in [5.41, 5.74) is 5.64. The highest BCUT2D eigenvalue weighted by atomic mass is 16.3. The highest BCUT2D eigenvalue weighted by molar-refractivity contribution is 5.94. The van der Waals surface area contributed by atoms with E-state index in [0.29, 0.717) is 26.1 Å². The molecule has 1 atom stereocenters. The number of amides is 1. The molecule has 2 N–H and O–H groups in total. The molecule has 0 radical (unpaired) electrons. The first-order chi connectivity index (χ1) is 9.28. The third-order valence-corrected chi connectivity index (χ3v) is 3.39. The Labute approximate surface area is 110 Å². The Morgan fingerprint density at radius 1 is 1.47 bits per heavy atom. The van der Waals surface area contributed by atoms with E-state index in [1.165, 1.54) is 0 Å². The number of furan rings is 1. The molecule has 1 aliphatic rings. The fourth-order valence-electron chi connectivity index (χ4n) is 2.39. The van der Waals surface area contributed by atoms with Crippen LogP contribution in [0.4, 0.5) is 5.82 Å². The molecule has 1 fully saturated rings. The summed E-state index contributed by atoms with van der Waals surface area (Å²) in [5, 5.41) is 4.25. The van der Waals surface area contributed by atoms with E-state index in [0.717, 1.165) is 11.6 Å². The lowest BCUT2D eigenvalue weighted by molar-refractivity contribution is -0.117. The van der Waals surface area contributed by atoms with Crippen LogP contribution in [0, 0.1) is 5.92 Å². The number of hydrogen-bond acceptors (Lipinski definition) is 4. The van der Waals surface area contributed by atoms with Crippen LogP contribution >= 0.6 is 0 Å². The highest BCUT2D eigenvalue weighted by Gasteiger charge is 2.31. The summed E-state index contributed by atoms with van der Waals surface area (Å²) in [5.74, 6) is 1.96. The summed E-state index contributed by atoms with van der Waals surface area (Å²) in [4.78, 5) is 13.8. The Morgan fingerprint density at radius 3 is 3.05 bits per heavy atom. The van der Waals surface area contributed by atoms with Crippen molar-refractivity contribution in [2.75, 3.05) is 18.0 Å². The number of nitrogens with two attached hydrogens (primary N) is 1. The standard InChI is InChI=1S/C13H16N4O2/c14-7-10-6-13(18)16(8-10)12-3-4-15-17(12)9-11-2-1-5-19-11/h1-5,10H,6-9,14H2. The first-order valence-corrected chi connectivity index (χ1v) is 6.32. The molecule has 0 saturated carbocycles. The molecule has 0 spiro atoms. The van der Waals surface area contributed by atoms with Crippen molar-refractivity contribution < 1.29 is 9.21 Å². The Bertz CT molecular complexity index is 561. The van der Waals surface area contributed by atoms with Gasteiger partial charge in [-0.05, 0) is 24.6 Å². The lowest BCUT2D eigenvalue weighted by Crippen LogP contribution is -2.28. The molecule has 100 valence electrons. The van der Waals surface area contributed by atoms with Crippen molar-refractivity contribution in [1.29, 1.82) is 0 Å². The predicted octanol–water partition coefficient (Wildman–Crippen LogP) is 0.836. The second-order valence-electron chi connectivity index (χ2n) is 4.74. The van der Waals surface area contributed by atoms with E-state index in [1.807, 2.05) is 18.2 Å². The molecule has 0 bridgehead atoms. The minimum atomic E-state index is 0.108. The zero-order chi connectivity index (χ0) is 13.2. The van der Waals surface area contributed by atoms with Crippen molar-refractivity contribution in [2.24, 2.45) is 11.7 Å². The van der Waals surface area contributed by atoms with E-state index in [9.17, 15) is 4.79 Å². The molecule has 0 aromatic carbocycles. The van der Waals surface area contributed by atoms with Gasteiger partial charge in [0.1, 0.15) is 18.1 Å². The molecule has 6 heteroatoms. The third kappa shape index (κ3) is 2.26. The van der Waals surface area contributed by atoms with Crippen molar-refractivity contribution in [3.05, 3.63) is 36.4 Å². The lowest BCUT2D eigenvalue weighted by Gasteiger charge is -2.17. The lowest BCUT2D eigenvalue weighted by atomic mass is 10.1. The van der Waals surface area contributed by atoms with Crippen LogP contribution in [-0.2, 0) is 11.3 Å². The summed E-state index contributed by atoms with van der Waals surface area (Å²) in [6.45, 7) is 1.72. The van der Waals surface area contributed by atoms with Crippen LogP contribution in [-0.4, -0.2) is 28.8 Å². The smallest absolute Gasteiger partial charge is 0.228 e. The van der Waals surface area contributed by atoms with Crippen LogP contribution < -0.4 is 10.6 Å². The maximum atomic E-state index is 12.0. The zero-order valence-electron chi connectivity index (χ0n) is 10.5.